The molecule has 0 aromatic heterocycles. The normalized spacial score (nSPS) is 27.9. The van der Waals surface area contributed by atoms with E-state index in [1.807, 2.05) is 0 Å². The van der Waals surface area contributed by atoms with Crippen LogP contribution in [0.25, 0.3) is 0 Å². The molecule has 3 heteroatoms. The fourth-order valence-electron chi connectivity index (χ4n) is 3.21. The summed E-state index contributed by atoms with van der Waals surface area (Å²) in [5.74, 6) is 0. The Morgan fingerprint density at radius 1 is 1.00 bits per heavy atom. The third-order valence-corrected chi connectivity index (χ3v) is 4.42. The largest absolute Gasteiger partial charge is 0.372 e. The van der Waals surface area contributed by atoms with Gasteiger partial charge < -0.3 is 15.1 Å². The molecule has 0 amide bonds. The Labute approximate surface area is 116 Å². The van der Waals surface area contributed by atoms with Crippen LogP contribution >= 0.6 is 0 Å². The third kappa shape index (κ3) is 2.71. The molecule has 2 aliphatic heterocycles. The van der Waals surface area contributed by atoms with Crippen LogP contribution in [0.15, 0.2) is 24.3 Å². The number of benzene rings is 1. The van der Waals surface area contributed by atoms with Gasteiger partial charge in [0.05, 0.1) is 0 Å². The van der Waals surface area contributed by atoms with Crippen molar-refractivity contribution in [2.45, 2.75) is 38.8 Å². The predicted molar refractivity (Wildman–Crippen MR) is 82.2 cm³/mol. The van der Waals surface area contributed by atoms with Gasteiger partial charge in [-0.3, -0.25) is 0 Å². The van der Waals surface area contributed by atoms with Gasteiger partial charge in [-0.15, -0.1) is 0 Å². The Kier molecular flexibility index (Phi) is 3.65. The molecule has 2 fully saturated rings. The number of anilines is 2. The van der Waals surface area contributed by atoms with Crippen molar-refractivity contribution in [3.8, 4) is 0 Å². The van der Waals surface area contributed by atoms with Gasteiger partial charge in [-0.2, -0.15) is 0 Å². The van der Waals surface area contributed by atoms with Gasteiger partial charge >= 0.3 is 0 Å². The van der Waals surface area contributed by atoms with Crippen molar-refractivity contribution in [2.75, 3.05) is 36.0 Å². The molecule has 1 aromatic rings. The topological polar surface area (TPSA) is 18.5 Å². The zero-order chi connectivity index (χ0) is 13.2. The highest BCUT2D eigenvalue weighted by atomic mass is 15.2. The first-order valence-corrected chi connectivity index (χ1v) is 7.59. The Morgan fingerprint density at radius 3 is 2.32 bits per heavy atom. The van der Waals surface area contributed by atoms with Gasteiger partial charge in [-0.05, 0) is 51.0 Å². The first kappa shape index (κ1) is 12.8. The van der Waals surface area contributed by atoms with E-state index < -0.39 is 0 Å². The fourth-order valence-corrected chi connectivity index (χ4v) is 3.21. The third-order valence-electron chi connectivity index (χ3n) is 4.42. The molecule has 0 aliphatic carbocycles. The van der Waals surface area contributed by atoms with E-state index in [1.165, 1.54) is 37.3 Å². The van der Waals surface area contributed by atoms with Gasteiger partial charge in [0.1, 0.15) is 0 Å². The summed E-state index contributed by atoms with van der Waals surface area (Å²) in [7, 11) is 0. The molecule has 19 heavy (non-hydrogen) atoms. The van der Waals surface area contributed by atoms with Crippen LogP contribution in [-0.2, 0) is 0 Å². The lowest BCUT2D eigenvalue weighted by Gasteiger charge is -2.39. The molecular weight excluding hydrogens is 234 g/mol. The van der Waals surface area contributed by atoms with E-state index in [9.17, 15) is 0 Å². The molecule has 0 saturated carbocycles. The zero-order valence-corrected chi connectivity index (χ0v) is 12.1. The van der Waals surface area contributed by atoms with Crippen LogP contribution in [0, 0.1) is 0 Å². The van der Waals surface area contributed by atoms with Crippen LogP contribution in [0.4, 0.5) is 11.4 Å². The molecule has 2 saturated heterocycles. The Hall–Kier alpha value is -1.22. The molecule has 0 bridgehead atoms. The SMILES string of the molecule is CC1CN(c2ccc(N3CCCC3)cc2)C(C)CN1. The van der Waals surface area contributed by atoms with E-state index in [0.717, 1.165) is 13.1 Å². The van der Waals surface area contributed by atoms with Crippen molar-refractivity contribution >= 4 is 11.4 Å². The number of piperazine rings is 1. The van der Waals surface area contributed by atoms with E-state index in [2.05, 4.69) is 53.2 Å². The second-order valence-corrected chi connectivity index (χ2v) is 6.02. The van der Waals surface area contributed by atoms with Crippen molar-refractivity contribution in [3.05, 3.63) is 24.3 Å². The van der Waals surface area contributed by atoms with Crippen LogP contribution in [0.3, 0.4) is 0 Å². The van der Waals surface area contributed by atoms with Crippen LogP contribution in [0.1, 0.15) is 26.7 Å². The zero-order valence-electron chi connectivity index (χ0n) is 12.1. The lowest BCUT2D eigenvalue weighted by atomic mass is 10.1. The standard InChI is InChI=1S/C16H25N3/c1-13-12-19(14(2)11-17-13)16-7-5-15(6-8-16)18-9-3-4-10-18/h5-8,13-14,17H,3-4,9-12H2,1-2H3. The Bertz CT molecular complexity index is 409. The van der Waals surface area contributed by atoms with E-state index in [-0.39, 0.29) is 0 Å². The van der Waals surface area contributed by atoms with Gasteiger partial charge in [0.15, 0.2) is 0 Å². The minimum absolute atomic E-state index is 0.578. The van der Waals surface area contributed by atoms with Crippen LogP contribution in [0.2, 0.25) is 0 Å². The molecule has 3 nitrogen and oxygen atoms in total. The highest BCUT2D eigenvalue weighted by Crippen LogP contribution is 2.25. The van der Waals surface area contributed by atoms with Crippen LogP contribution in [-0.4, -0.2) is 38.3 Å². The average Bonchev–Trinajstić information content (AvgIpc) is 2.96. The molecule has 1 N–H and O–H groups in total. The Balaban J connectivity index is 1.74. The van der Waals surface area contributed by atoms with Crippen molar-refractivity contribution in [2.24, 2.45) is 0 Å². The maximum Gasteiger partial charge on any atom is 0.0387 e. The fraction of sp³-hybridized carbons (Fsp3) is 0.625. The lowest BCUT2D eigenvalue weighted by molar-refractivity contribution is 0.425. The van der Waals surface area contributed by atoms with Gasteiger partial charge in [-0.25, -0.2) is 0 Å². The predicted octanol–water partition coefficient (Wildman–Crippen LogP) is 2.47. The number of nitrogens with zero attached hydrogens (tertiary/aromatic N) is 2. The summed E-state index contributed by atoms with van der Waals surface area (Å²) >= 11 is 0. The monoisotopic (exact) mass is 259 g/mol. The molecule has 1 aromatic carbocycles. The van der Waals surface area contributed by atoms with Gasteiger partial charge in [0.25, 0.3) is 0 Å². The maximum atomic E-state index is 3.54. The highest BCUT2D eigenvalue weighted by molar-refractivity contribution is 5.57. The van der Waals surface area contributed by atoms with Crippen LogP contribution in [0.5, 0.6) is 0 Å². The molecular formula is C16H25N3. The molecule has 3 rings (SSSR count). The van der Waals surface area contributed by atoms with Crippen molar-refractivity contribution in [1.29, 1.82) is 0 Å². The number of nitrogens with one attached hydrogen (secondary N) is 1. The summed E-state index contributed by atoms with van der Waals surface area (Å²) in [4.78, 5) is 5.02. The molecule has 0 spiro atoms. The van der Waals surface area contributed by atoms with E-state index >= 15 is 0 Å². The first-order valence-electron chi connectivity index (χ1n) is 7.59. The molecule has 2 atom stereocenters. The van der Waals surface area contributed by atoms with Gasteiger partial charge in [-0.1, -0.05) is 0 Å². The van der Waals surface area contributed by atoms with E-state index in [1.54, 1.807) is 0 Å². The second kappa shape index (κ2) is 5.41. The molecule has 104 valence electrons. The van der Waals surface area contributed by atoms with E-state index in [0.29, 0.717) is 12.1 Å². The van der Waals surface area contributed by atoms with E-state index in [4.69, 9.17) is 0 Å². The molecule has 2 aliphatic rings. The summed E-state index contributed by atoms with van der Waals surface area (Å²) in [5.41, 5.74) is 2.75. The second-order valence-electron chi connectivity index (χ2n) is 6.02. The van der Waals surface area contributed by atoms with Crippen molar-refractivity contribution in [1.82, 2.24) is 5.32 Å². The van der Waals surface area contributed by atoms with Crippen LogP contribution < -0.4 is 15.1 Å². The highest BCUT2D eigenvalue weighted by Gasteiger charge is 2.22. The first-order chi connectivity index (χ1) is 9.24. The molecule has 0 radical (unpaired) electrons. The minimum atomic E-state index is 0.578. The summed E-state index contributed by atoms with van der Waals surface area (Å²) in [6, 6.07) is 10.3. The molecule has 2 unspecified atom stereocenters. The van der Waals surface area contributed by atoms with Gasteiger partial charge in [0.2, 0.25) is 0 Å². The number of hydrogen-bond donors (Lipinski definition) is 1. The molecule has 2 heterocycles. The average molecular weight is 259 g/mol. The minimum Gasteiger partial charge on any atom is -0.372 e. The number of hydrogen-bond acceptors (Lipinski definition) is 3. The maximum absolute atomic E-state index is 3.54. The summed E-state index contributed by atoms with van der Waals surface area (Å²) < 4.78 is 0. The smallest absolute Gasteiger partial charge is 0.0387 e. The summed E-state index contributed by atoms with van der Waals surface area (Å²) in [5, 5.41) is 3.54. The summed E-state index contributed by atoms with van der Waals surface area (Å²) in [6.45, 7) is 9.19. The van der Waals surface area contributed by atoms with Crippen molar-refractivity contribution < 1.29 is 0 Å². The van der Waals surface area contributed by atoms with Gasteiger partial charge in [0, 0.05) is 49.6 Å². The van der Waals surface area contributed by atoms with Crippen molar-refractivity contribution in [3.63, 3.8) is 0 Å². The lowest BCUT2D eigenvalue weighted by Crippen LogP contribution is -2.54. The Morgan fingerprint density at radius 2 is 1.63 bits per heavy atom. The number of rotatable bonds is 2. The quantitative estimate of drug-likeness (QED) is 0.880. The summed E-state index contributed by atoms with van der Waals surface area (Å²) in [6.07, 6.45) is 2.68.